The van der Waals surface area contributed by atoms with Crippen LogP contribution in [0.15, 0.2) is 46.7 Å². The molecular weight excluding hydrogens is 903 g/mol. The van der Waals surface area contributed by atoms with Crippen LogP contribution in [0.3, 0.4) is 0 Å². The number of carbonyl (C=O) groups is 5. The smallest absolute Gasteiger partial charge is 0.312 e. The van der Waals surface area contributed by atoms with Gasteiger partial charge >= 0.3 is 11.8 Å². The number of hydrogen-bond donors (Lipinski definition) is 9. The van der Waals surface area contributed by atoms with Crippen LogP contribution in [-0.4, -0.2) is 146 Å². The number of esters is 1. The van der Waals surface area contributed by atoms with Crippen LogP contribution in [-0.2, 0) is 28.5 Å². The van der Waals surface area contributed by atoms with E-state index < -0.39 is 130 Å². The van der Waals surface area contributed by atoms with Gasteiger partial charge in [0.2, 0.25) is 11.6 Å². The van der Waals surface area contributed by atoms with Crippen molar-refractivity contribution in [3.05, 3.63) is 69.0 Å². The van der Waals surface area contributed by atoms with Gasteiger partial charge in [-0.3, -0.25) is 24.0 Å². The Labute approximate surface area is 391 Å². The van der Waals surface area contributed by atoms with Crippen LogP contribution in [0.1, 0.15) is 85.1 Å². The fraction of sp³-hybridized carbons (Fsp3) is 0.556. The molecule has 0 saturated carbocycles. The van der Waals surface area contributed by atoms with Crippen LogP contribution in [0.25, 0.3) is 0 Å². The first-order valence-electron chi connectivity index (χ1n) is 21.3. The predicted octanol–water partition coefficient (Wildman–Crippen LogP) is 1.59. The first-order valence-corrected chi connectivity index (χ1v) is 22.7. The summed E-state index contributed by atoms with van der Waals surface area (Å²) in [5.41, 5.74) is -1.82. The van der Waals surface area contributed by atoms with Crippen LogP contribution in [0.2, 0.25) is 0 Å². The van der Waals surface area contributed by atoms with Crippen molar-refractivity contribution >= 4 is 58.3 Å². The first kappa shape index (κ1) is 52.3. The number of aromatic hydroxyl groups is 1. The zero-order valence-electron chi connectivity index (χ0n) is 38.0. The molecule has 1 amide bonds. The highest BCUT2D eigenvalue weighted by Crippen LogP contribution is 2.49. The minimum absolute atomic E-state index is 0.0114. The van der Waals surface area contributed by atoms with E-state index in [0.717, 1.165) is 18.0 Å². The molecule has 0 aromatic heterocycles. The molecule has 19 nitrogen and oxygen atoms in total. The number of thiocarbonyl (C=S) groups is 1. The van der Waals surface area contributed by atoms with Gasteiger partial charge in [0.15, 0.2) is 11.3 Å². The Morgan fingerprint density at radius 3 is 2.27 bits per heavy atom. The second-order valence-corrected chi connectivity index (χ2v) is 18.6. The van der Waals surface area contributed by atoms with E-state index in [1.807, 2.05) is 0 Å². The van der Waals surface area contributed by atoms with Crippen LogP contribution < -0.4 is 20.7 Å². The van der Waals surface area contributed by atoms with E-state index in [-0.39, 0.29) is 51.4 Å². The largest absolute Gasteiger partial charge is 0.507 e. The maximum atomic E-state index is 14.7. The van der Waals surface area contributed by atoms with E-state index in [0.29, 0.717) is 0 Å². The van der Waals surface area contributed by atoms with Gasteiger partial charge in [-0.15, -0.1) is 11.8 Å². The van der Waals surface area contributed by atoms with Crippen molar-refractivity contribution in [2.24, 2.45) is 23.7 Å². The number of hydrogen-bond acceptors (Lipinski definition) is 18. The van der Waals surface area contributed by atoms with E-state index in [2.05, 4.69) is 16.0 Å². The van der Waals surface area contributed by atoms with Crippen LogP contribution in [0.5, 0.6) is 11.5 Å². The number of thioether (sulfide) groups is 1. The number of fused-ring (bicyclic) bond motifs is 14. The molecule has 21 heteroatoms. The monoisotopic (exact) mass is 961 g/mol. The molecule has 1 saturated heterocycles. The van der Waals surface area contributed by atoms with Crippen LogP contribution in [0, 0.1) is 30.6 Å². The van der Waals surface area contributed by atoms with Gasteiger partial charge in [0.1, 0.15) is 41.6 Å². The van der Waals surface area contributed by atoms with E-state index in [1.165, 1.54) is 53.0 Å². The summed E-state index contributed by atoms with van der Waals surface area (Å²) in [7, 11) is 1.40. The summed E-state index contributed by atoms with van der Waals surface area (Å²) in [6.45, 7) is 11.9. The number of phenols is 1. The van der Waals surface area contributed by atoms with Crippen molar-refractivity contribution in [3.63, 3.8) is 0 Å². The molecule has 0 unspecified atom stereocenters. The lowest BCUT2D eigenvalue weighted by molar-refractivity contribution is -0.190. The molecule has 4 aliphatic heterocycles. The molecule has 9 N–H and O–H groups in total. The number of allylic oxidation sites excluding steroid dienone is 4. The summed E-state index contributed by atoms with van der Waals surface area (Å²) in [6.07, 6.45) is -2.42. The summed E-state index contributed by atoms with van der Waals surface area (Å²) in [5.74, 6) is -9.88. The van der Waals surface area contributed by atoms with E-state index >= 15 is 0 Å². The molecule has 5 aliphatic rings. The fourth-order valence-electron chi connectivity index (χ4n) is 8.23. The molecule has 6 rings (SSSR count). The van der Waals surface area contributed by atoms with Gasteiger partial charge in [0, 0.05) is 68.1 Å². The molecule has 13 atom stereocenters. The Hall–Kier alpha value is -4.71. The maximum absolute atomic E-state index is 14.7. The first-order chi connectivity index (χ1) is 31.0. The van der Waals surface area contributed by atoms with Crippen LogP contribution >= 0.6 is 24.0 Å². The van der Waals surface area contributed by atoms with Gasteiger partial charge in [0.25, 0.3) is 11.7 Å². The highest BCUT2D eigenvalue weighted by atomic mass is 32.2. The SMILES string of the molecule is CO[C@H]1C=CO[C@@]2(C)Oc3c(C)c(O)c4c(c3C2=O)C(=O)C(SCCNC(=S)N[C@H]2OC[C@@H](O)[C@@H](O)[C@@H]2O)=C(NC(=O)/C(C)=C\C=C/[C@H](C)[C@H](O)[C@@H](C)[C@@H](O)[C@@H](C)[C@H](OC(C)=O)[C@@H]1C)C4=O. The van der Waals surface area contributed by atoms with E-state index in [9.17, 15) is 54.6 Å². The summed E-state index contributed by atoms with van der Waals surface area (Å²) >= 11 is 6.14. The quantitative estimate of drug-likeness (QED) is 0.107. The van der Waals surface area contributed by atoms with Gasteiger partial charge in [-0.2, -0.15) is 0 Å². The van der Waals surface area contributed by atoms with Gasteiger partial charge in [-0.1, -0.05) is 45.9 Å². The Balaban J connectivity index is 1.55. The number of aliphatic hydroxyl groups is 5. The van der Waals surface area contributed by atoms with Crippen molar-refractivity contribution in [1.29, 1.82) is 0 Å². The summed E-state index contributed by atoms with van der Waals surface area (Å²) in [6, 6.07) is 0. The van der Waals surface area contributed by atoms with E-state index in [1.54, 1.807) is 33.8 Å². The Kier molecular flexibility index (Phi) is 17.0. The molecule has 1 aliphatic carbocycles. The predicted molar refractivity (Wildman–Crippen MR) is 242 cm³/mol. The number of rotatable bonds is 7. The molecular formula is C45H59N3O16S2. The number of ketones is 3. The van der Waals surface area contributed by atoms with Crippen molar-refractivity contribution in [1.82, 2.24) is 16.0 Å². The third kappa shape index (κ3) is 10.7. The topological polar surface area (TPSA) is 289 Å². The normalized spacial score (nSPS) is 34.4. The van der Waals surface area contributed by atoms with E-state index in [4.69, 9.17) is 35.9 Å². The third-order valence-corrected chi connectivity index (χ3v) is 13.7. The molecule has 1 aromatic carbocycles. The number of methoxy groups -OCH3 is 1. The molecule has 5 bridgehead atoms. The highest BCUT2D eigenvalue weighted by Gasteiger charge is 2.53. The lowest BCUT2D eigenvalue weighted by Crippen LogP contribution is -2.60. The average molecular weight is 962 g/mol. The summed E-state index contributed by atoms with van der Waals surface area (Å²) in [4.78, 5) is 69.6. The second-order valence-electron chi connectivity index (χ2n) is 17.0. The number of ether oxygens (including phenoxy) is 5. The second kappa shape index (κ2) is 21.5. The van der Waals surface area contributed by atoms with Gasteiger partial charge in [-0.25, -0.2) is 0 Å². The van der Waals surface area contributed by atoms with Crippen molar-refractivity contribution in [3.8, 4) is 11.5 Å². The summed E-state index contributed by atoms with van der Waals surface area (Å²) < 4.78 is 28.8. The molecule has 4 heterocycles. The maximum Gasteiger partial charge on any atom is 0.312 e. The molecule has 362 valence electrons. The van der Waals surface area contributed by atoms with Crippen molar-refractivity contribution in [2.45, 2.75) is 110 Å². The minimum atomic E-state index is -2.15. The number of nitrogens with one attached hydrogen (secondary N) is 3. The molecule has 66 heavy (non-hydrogen) atoms. The molecule has 1 aromatic rings. The zero-order valence-corrected chi connectivity index (χ0v) is 39.7. The Bertz CT molecular complexity index is 2230. The third-order valence-electron chi connectivity index (χ3n) is 12.3. The Morgan fingerprint density at radius 2 is 1.62 bits per heavy atom. The minimum Gasteiger partial charge on any atom is -0.507 e. The summed E-state index contributed by atoms with van der Waals surface area (Å²) in [5, 5.41) is 72.6. The van der Waals surface area contributed by atoms with Gasteiger partial charge in [0.05, 0.1) is 52.8 Å². The fourth-order valence-corrected chi connectivity index (χ4v) is 9.38. The lowest BCUT2D eigenvalue weighted by atomic mass is 9.78. The van der Waals surface area contributed by atoms with Crippen molar-refractivity contribution < 1.29 is 78.3 Å². The number of phenolic OH excluding ortho intramolecular Hbond substituents is 1. The molecule has 0 spiro atoms. The average Bonchev–Trinajstić information content (AvgIpc) is 3.54. The molecule has 1 fully saturated rings. The van der Waals surface area contributed by atoms with Gasteiger partial charge in [-0.05, 0) is 32.1 Å². The van der Waals surface area contributed by atoms with Crippen LogP contribution in [0.4, 0.5) is 0 Å². The highest BCUT2D eigenvalue weighted by molar-refractivity contribution is 8.04. The number of benzene rings is 1. The number of aliphatic hydroxyl groups excluding tert-OH is 5. The molecule has 0 radical (unpaired) electrons. The van der Waals surface area contributed by atoms with Crippen molar-refractivity contribution in [2.75, 3.05) is 26.0 Å². The number of Topliss-reactive ketones (excluding diaryl/α,β-unsaturated/α-hetero) is 3. The standard InChI is InChI=1S/C45H59N3O16S2/c1-18-11-10-12-19(2)42(59)47-30-35(55)28-27(36(56)40(30)66-16-14-46-44(65)48-43-37(57)34(54)25(50)17-61-43)29-39(23(6)33(28)53)64-45(8,41(29)58)62-15-13-26(60-9)20(3)38(63-24(7)49)22(5)32(52)21(4)31(18)51/h10-13,15,18,20-22,25-26,31-32,34,37-38,43,50-54,57H,14,16-17H2,1-9H3,(H,47,59)(H2,46,48,65)/b11-10-,15-13?,19-12-/t18-,20+,21+,22+,25+,26-,31-,32+,34+,37-,38+,43-,45-/m0/s1. The number of carbonyl (C=O) groups excluding carboxylic acids is 5. The number of amides is 1. The Morgan fingerprint density at radius 1 is 0.939 bits per heavy atom. The van der Waals surface area contributed by atoms with Gasteiger partial charge < -0.3 is 70.3 Å². The zero-order chi connectivity index (χ0) is 49.1. The lowest BCUT2D eigenvalue weighted by Gasteiger charge is -2.38.